The monoisotopic (exact) mass is 319 g/mol. The van der Waals surface area contributed by atoms with Crippen molar-refractivity contribution < 1.29 is 17.9 Å². The molecule has 0 aliphatic rings. The van der Waals surface area contributed by atoms with Gasteiger partial charge in [0.1, 0.15) is 5.75 Å². The van der Waals surface area contributed by atoms with E-state index in [1.54, 1.807) is 6.07 Å². The van der Waals surface area contributed by atoms with Gasteiger partial charge in [-0.1, -0.05) is 30.3 Å². The summed E-state index contributed by atoms with van der Waals surface area (Å²) in [6, 6.07) is 10.4. The molecule has 21 heavy (non-hydrogen) atoms. The lowest BCUT2D eigenvalue weighted by Gasteiger charge is -2.19. The van der Waals surface area contributed by atoms with Gasteiger partial charge in [0, 0.05) is 18.0 Å². The summed E-state index contributed by atoms with van der Waals surface area (Å²) in [6.45, 7) is 0. The summed E-state index contributed by atoms with van der Waals surface area (Å²) in [5, 5.41) is 1.77. The average molecular weight is 320 g/mol. The minimum absolute atomic E-state index is 0. The molecule has 0 aliphatic heterocycles. The number of fused-ring (bicyclic) bond motifs is 1. The first-order valence-electron chi connectivity index (χ1n) is 6.30. The van der Waals surface area contributed by atoms with E-state index in [1.807, 2.05) is 30.3 Å². The van der Waals surface area contributed by atoms with Gasteiger partial charge in [-0.3, -0.25) is 0 Å². The fourth-order valence-electron chi connectivity index (χ4n) is 2.30. The Bertz CT molecular complexity index is 601. The lowest BCUT2D eigenvalue weighted by atomic mass is 9.95. The molecule has 2 nitrogen and oxygen atoms in total. The number of halogens is 4. The van der Waals surface area contributed by atoms with Crippen LogP contribution in [0.15, 0.2) is 36.4 Å². The van der Waals surface area contributed by atoms with Crippen molar-refractivity contribution in [3.05, 3.63) is 42.0 Å². The van der Waals surface area contributed by atoms with E-state index in [1.165, 1.54) is 7.11 Å². The van der Waals surface area contributed by atoms with E-state index in [9.17, 15) is 13.2 Å². The van der Waals surface area contributed by atoms with Crippen molar-refractivity contribution in [1.82, 2.24) is 0 Å². The molecule has 2 aromatic rings. The maximum Gasteiger partial charge on any atom is 0.389 e. The van der Waals surface area contributed by atoms with Crippen molar-refractivity contribution in [1.29, 1.82) is 0 Å². The van der Waals surface area contributed by atoms with Crippen LogP contribution < -0.4 is 10.5 Å². The maximum atomic E-state index is 12.3. The van der Waals surface area contributed by atoms with Crippen molar-refractivity contribution in [2.75, 3.05) is 7.11 Å². The van der Waals surface area contributed by atoms with Crippen molar-refractivity contribution in [2.45, 2.75) is 25.1 Å². The molecule has 0 unspecified atom stereocenters. The number of ether oxygens (including phenoxy) is 1. The van der Waals surface area contributed by atoms with Crippen LogP contribution in [-0.2, 0) is 0 Å². The van der Waals surface area contributed by atoms with Gasteiger partial charge in [-0.15, -0.1) is 12.4 Å². The van der Waals surface area contributed by atoms with E-state index in [-0.39, 0.29) is 18.8 Å². The summed E-state index contributed by atoms with van der Waals surface area (Å²) in [7, 11) is 1.49. The van der Waals surface area contributed by atoms with E-state index >= 15 is 0 Å². The largest absolute Gasteiger partial charge is 0.496 e. The van der Waals surface area contributed by atoms with Crippen molar-refractivity contribution in [3.8, 4) is 5.75 Å². The zero-order valence-corrected chi connectivity index (χ0v) is 12.3. The molecular formula is C15H17ClF3NO. The minimum Gasteiger partial charge on any atom is -0.496 e. The van der Waals surface area contributed by atoms with Gasteiger partial charge in [-0.25, -0.2) is 0 Å². The Balaban J connectivity index is 0.00000220. The first kappa shape index (κ1) is 17.6. The Hall–Kier alpha value is -1.46. The second-order valence-electron chi connectivity index (χ2n) is 4.66. The zero-order chi connectivity index (χ0) is 14.8. The Labute approximate surface area is 127 Å². The highest BCUT2D eigenvalue weighted by molar-refractivity contribution is 5.88. The highest BCUT2D eigenvalue weighted by Gasteiger charge is 2.28. The van der Waals surface area contributed by atoms with Gasteiger partial charge in [0.05, 0.1) is 7.11 Å². The lowest BCUT2D eigenvalue weighted by Crippen LogP contribution is -2.16. The number of hydrogen-bond donors (Lipinski definition) is 1. The van der Waals surface area contributed by atoms with Crippen molar-refractivity contribution >= 4 is 23.2 Å². The molecule has 0 spiro atoms. The van der Waals surface area contributed by atoms with Crippen LogP contribution in [0.5, 0.6) is 5.75 Å². The molecule has 0 fully saturated rings. The topological polar surface area (TPSA) is 35.2 Å². The van der Waals surface area contributed by atoms with E-state index in [0.717, 1.165) is 10.8 Å². The highest BCUT2D eigenvalue weighted by Crippen LogP contribution is 2.35. The molecule has 0 aliphatic carbocycles. The van der Waals surface area contributed by atoms with Gasteiger partial charge in [0.2, 0.25) is 0 Å². The van der Waals surface area contributed by atoms with E-state index < -0.39 is 18.6 Å². The second kappa shape index (κ2) is 7.00. The summed E-state index contributed by atoms with van der Waals surface area (Å²) in [5.41, 5.74) is 6.60. The van der Waals surface area contributed by atoms with Crippen molar-refractivity contribution in [2.24, 2.45) is 5.73 Å². The van der Waals surface area contributed by atoms with Crippen LogP contribution in [0.1, 0.15) is 24.4 Å². The van der Waals surface area contributed by atoms with E-state index in [4.69, 9.17) is 10.5 Å². The molecule has 0 aromatic heterocycles. The van der Waals surface area contributed by atoms with E-state index in [2.05, 4.69) is 0 Å². The van der Waals surface area contributed by atoms with E-state index in [0.29, 0.717) is 11.3 Å². The second-order valence-corrected chi connectivity index (χ2v) is 4.66. The van der Waals surface area contributed by atoms with Crippen LogP contribution >= 0.6 is 12.4 Å². The number of rotatable bonds is 4. The number of alkyl halides is 3. The normalized spacial score (nSPS) is 12.8. The fraction of sp³-hybridized carbons (Fsp3) is 0.333. The summed E-state index contributed by atoms with van der Waals surface area (Å²) < 4.78 is 42.3. The van der Waals surface area contributed by atoms with Crippen LogP contribution in [0, 0.1) is 0 Å². The number of hydrogen-bond acceptors (Lipinski definition) is 2. The first-order valence-corrected chi connectivity index (χ1v) is 6.30. The number of methoxy groups -OCH3 is 1. The molecule has 0 bridgehead atoms. The third-order valence-electron chi connectivity index (χ3n) is 3.26. The smallest absolute Gasteiger partial charge is 0.389 e. The summed E-state index contributed by atoms with van der Waals surface area (Å²) in [5.74, 6) is 0.526. The summed E-state index contributed by atoms with van der Waals surface area (Å²) in [6.07, 6.45) is -5.26. The molecule has 1 atom stereocenters. The molecular weight excluding hydrogens is 303 g/mol. The minimum atomic E-state index is -4.20. The Morgan fingerprint density at radius 2 is 1.81 bits per heavy atom. The third-order valence-corrected chi connectivity index (χ3v) is 3.26. The molecule has 2 rings (SSSR count). The van der Waals surface area contributed by atoms with Crippen molar-refractivity contribution in [3.63, 3.8) is 0 Å². The average Bonchev–Trinajstić information content (AvgIpc) is 2.42. The number of nitrogens with two attached hydrogens (primary N) is 1. The standard InChI is InChI=1S/C15H16F3NO.ClH/c1-20-13-7-6-10-4-2-3-5-11(10)14(13)12(19)8-9-15(16,17)18;/h2-7,12H,8-9,19H2,1H3;1H/t12-;/m1./s1. The molecule has 0 radical (unpaired) electrons. The molecule has 6 heteroatoms. The number of benzene rings is 2. The SMILES string of the molecule is COc1ccc2ccccc2c1[C@H](N)CCC(F)(F)F.Cl. The molecule has 0 saturated carbocycles. The van der Waals surface area contributed by atoms with Gasteiger partial charge < -0.3 is 10.5 Å². The summed E-state index contributed by atoms with van der Waals surface area (Å²) >= 11 is 0. The molecule has 2 N–H and O–H groups in total. The predicted octanol–water partition coefficient (Wildman–Crippen LogP) is 4.61. The van der Waals surface area contributed by atoms with Gasteiger partial charge in [-0.05, 0) is 23.3 Å². The molecule has 2 aromatic carbocycles. The van der Waals surface area contributed by atoms with Gasteiger partial charge in [0.25, 0.3) is 0 Å². The predicted molar refractivity (Wildman–Crippen MR) is 80.0 cm³/mol. The molecule has 0 saturated heterocycles. The Kier molecular flexibility index (Phi) is 5.87. The fourth-order valence-corrected chi connectivity index (χ4v) is 2.30. The first-order chi connectivity index (χ1) is 9.42. The van der Waals surface area contributed by atoms with Gasteiger partial charge in [-0.2, -0.15) is 13.2 Å². The van der Waals surface area contributed by atoms with Gasteiger partial charge >= 0.3 is 6.18 Å². The highest BCUT2D eigenvalue weighted by atomic mass is 35.5. The summed E-state index contributed by atoms with van der Waals surface area (Å²) in [4.78, 5) is 0. The molecule has 0 heterocycles. The lowest BCUT2D eigenvalue weighted by molar-refractivity contribution is -0.136. The maximum absolute atomic E-state index is 12.3. The van der Waals surface area contributed by atoms with Crippen LogP contribution in [-0.4, -0.2) is 13.3 Å². The molecule has 0 amide bonds. The quantitative estimate of drug-likeness (QED) is 0.893. The van der Waals surface area contributed by atoms with Crippen LogP contribution in [0.4, 0.5) is 13.2 Å². The van der Waals surface area contributed by atoms with Gasteiger partial charge in [0.15, 0.2) is 0 Å². The van der Waals surface area contributed by atoms with Crippen LogP contribution in [0.3, 0.4) is 0 Å². The van der Waals surface area contributed by atoms with Crippen LogP contribution in [0.25, 0.3) is 10.8 Å². The zero-order valence-electron chi connectivity index (χ0n) is 11.5. The molecule has 116 valence electrons. The Morgan fingerprint density at radius 1 is 1.14 bits per heavy atom. The third kappa shape index (κ3) is 4.25. The van der Waals surface area contributed by atoms with Crippen LogP contribution in [0.2, 0.25) is 0 Å². The Morgan fingerprint density at radius 3 is 2.43 bits per heavy atom.